The Balaban J connectivity index is 1.72. The predicted molar refractivity (Wildman–Crippen MR) is 159 cm³/mol. The van der Waals surface area contributed by atoms with Gasteiger partial charge < -0.3 is 19.5 Å². The summed E-state index contributed by atoms with van der Waals surface area (Å²) in [6.07, 6.45) is 0. The van der Waals surface area contributed by atoms with Crippen LogP contribution in [0.5, 0.6) is 5.75 Å². The molecule has 4 rings (SSSR count). The topological polar surface area (TPSA) is 115 Å². The summed E-state index contributed by atoms with van der Waals surface area (Å²) >= 11 is 8.96. The Bertz CT molecular complexity index is 1530. The van der Waals surface area contributed by atoms with E-state index < -0.39 is 0 Å². The quantitative estimate of drug-likeness (QED) is 0.198. The lowest BCUT2D eigenvalue weighted by molar-refractivity contribution is 0.201. The largest absolute Gasteiger partial charge is 0.491 e. The summed E-state index contributed by atoms with van der Waals surface area (Å²) in [5.41, 5.74) is 3.67. The van der Waals surface area contributed by atoms with Gasteiger partial charge in [0, 0.05) is 48.0 Å². The zero-order valence-electron chi connectivity index (χ0n) is 21.9. The van der Waals surface area contributed by atoms with Crippen LogP contribution in [-0.4, -0.2) is 55.6 Å². The number of pyridine rings is 1. The molecule has 2 heterocycles. The minimum atomic E-state index is -0.0960. The van der Waals surface area contributed by atoms with Crippen molar-refractivity contribution in [2.24, 2.45) is 0 Å². The number of hydrogen-bond donors (Lipinski definition) is 1. The van der Waals surface area contributed by atoms with Gasteiger partial charge in [0.2, 0.25) is 0 Å². The standard InChI is InChI=1S/C29H26ClN5O3S2/c1-35(11-13-37-2)27-24(15-31)26(19-5-9-23(10-6-19)38-14-12-36)25(16-32)29(34-27)40-18-22-17-39-28(33-22)20-3-7-21(30)8-4-20/h3-10,17,36H,11-14,18H2,1-2H3. The van der Waals surface area contributed by atoms with Gasteiger partial charge in [-0.1, -0.05) is 47.6 Å². The first-order valence-corrected chi connectivity index (χ1v) is 14.5. The molecule has 0 bridgehead atoms. The molecule has 1 N–H and O–H groups in total. The Morgan fingerprint density at radius 1 is 1.00 bits per heavy atom. The normalized spacial score (nSPS) is 10.7. The number of nitrogens with zero attached hydrogens (tertiary/aromatic N) is 5. The number of benzene rings is 2. The molecule has 0 unspecified atom stereocenters. The van der Waals surface area contributed by atoms with Crippen molar-refractivity contribution in [3.8, 4) is 39.6 Å². The monoisotopic (exact) mass is 591 g/mol. The maximum absolute atomic E-state index is 10.3. The van der Waals surface area contributed by atoms with E-state index in [1.165, 1.54) is 23.1 Å². The lowest BCUT2D eigenvalue weighted by Gasteiger charge is -2.22. The number of methoxy groups -OCH3 is 1. The summed E-state index contributed by atoms with van der Waals surface area (Å²) < 4.78 is 10.7. The highest BCUT2D eigenvalue weighted by atomic mass is 35.5. The summed E-state index contributed by atoms with van der Waals surface area (Å²) in [5, 5.41) is 33.6. The number of anilines is 1. The van der Waals surface area contributed by atoms with Gasteiger partial charge >= 0.3 is 0 Å². The summed E-state index contributed by atoms with van der Waals surface area (Å²) in [4.78, 5) is 11.4. The SMILES string of the molecule is COCCN(C)c1nc(SCc2csc(-c3ccc(Cl)cc3)n2)c(C#N)c(-c2ccc(OCCO)cc2)c1C#N. The number of nitriles is 2. The number of aliphatic hydroxyl groups excluding tert-OH is 1. The van der Waals surface area contributed by atoms with E-state index in [0.29, 0.717) is 62.8 Å². The fraction of sp³-hybridized carbons (Fsp3) is 0.241. The Labute approximate surface area is 246 Å². The zero-order chi connectivity index (χ0) is 28.5. The highest BCUT2D eigenvalue weighted by Gasteiger charge is 2.24. The van der Waals surface area contributed by atoms with Crippen molar-refractivity contribution in [2.45, 2.75) is 10.8 Å². The smallest absolute Gasteiger partial charge is 0.148 e. The van der Waals surface area contributed by atoms with E-state index in [1.54, 1.807) is 31.4 Å². The highest BCUT2D eigenvalue weighted by Crippen LogP contribution is 2.39. The van der Waals surface area contributed by atoms with Crippen LogP contribution in [0.25, 0.3) is 21.7 Å². The minimum absolute atomic E-state index is 0.0960. The molecule has 0 aliphatic heterocycles. The van der Waals surface area contributed by atoms with Gasteiger partial charge in [-0.15, -0.1) is 11.3 Å². The van der Waals surface area contributed by atoms with Crippen LogP contribution in [0.3, 0.4) is 0 Å². The molecule has 0 atom stereocenters. The number of thiazole rings is 1. The van der Waals surface area contributed by atoms with Crippen molar-refractivity contribution in [3.05, 3.63) is 75.8 Å². The van der Waals surface area contributed by atoms with Crippen LogP contribution >= 0.6 is 34.7 Å². The number of rotatable bonds is 12. The molecule has 0 amide bonds. The zero-order valence-corrected chi connectivity index (χ0v) is 24.3. The highest BCUT2D eigenvalue weighted by molar-refractivity contribution is 7.98. The number of halogens is 1. The molecule has 8 nitrogen and oxygen atoms in total. The summed E-state index contributed by atoms with van der Waals surface area (Å²) in [6.45, 7) is 1.04. The first kappa shape index (κ1) is 29.3. The third-order valence-corrected chi connectivity index (χ3v) is 8.06. The van der Waals surface area contributed by atoms with Gasteiger partial charge in [-0.25, -0.2) is 9.97 Å². The van der Waals surface area contributed by atoms with Crippen LogP contribution < -0.4 is 9.64 Å². The van der Waals surface area contributed by atoms with Crippen LogP contribution in [0.2, 0.25) is 5.02 Å². The second-order valence-corrected chi connectivity index (χ2v) is 10.8. The van der Waals surface area contributed by atoms with Gasteiger partial charge in [0.05, 0.1) is 24.5 Å². The van der Waals surface area contributed by atoms with E-state index in [9.17, 15) is 10.5 Å². The van der Waals surface area contributed by atoms with Gasteiger partial charge in [0.15, 0.2) is 0 Å². The van der Waals surface area contributed by atoms with Crippen molar-refractivity contribution < 1.29 is 14.6 Å². The fourth-order valence-corrected chi connectivity index (χ4v) is 5.82. The number of aliphatic hydroxyl groups is 1. The molecule has 204 valence electrons. The van der Waals surface area contributed by atoms with Gasteiger partial charge in [0.1, 0.15) is 45.9 Å². The lowest BCUT2D eigenvalue weighted by atomic mass is 9.96. The van der Waals surface area contributed by atoms with Crippen molar-refractivity contribution in [1.29, 1.82) is 10.5 Å². The van der Waals surface area contributed by atoms with Gasteiger partial charge in [-0.05, 0) is 29.8 Å². The lowest BCUT2D eigenvalue weighted by Crippen LogP contribution is -2.24. The molecular formula is C29H26ClN5O3S2. The number of ether oxygens (including phenoxy) is 2. The molecule has 40 heavy (non-hydrogen) atoms. The molecule has 0 saturated carbocycles. The molecular weight excluding hydrogens is 566 g/mol. The molecule has 2 aromatic carbocycles. The van der Waals surface area contributed by atoms with Crippen molar-refractivity contribution in [2.75, 3.05) is 45.4 Å². The van der Waals surface area contributed by atoms with Gasteiger partial charge in [-0.3, -0.25) is 0 Å². The van der Waals surface area contributed by atoms with Crippen LogP contribution in [0, 0.1) is 22.7 Å². The number of aromatic nitrogens is 2. The Hall–Kier alpha value is -3.64. The first-order valence-electron chi connectivity index (χ1n) is 12.2. The Kier molecular flexibility index (Phi) is 10.4. The number of thioether (sulfide) groups is 1. The molecule has 0 fully saturated rings. The Morgan fingerprint density at radius 2 is 1.70 bits per heavy atom. The third kappa shape index (κ3) is 6.92. The van der Waals surface area contributed by atoms with E-state index in [0.717, 1.165) is 16.3 Å². The van der Waals surface area contributed by atoms with E-state index in [2.05, 4.69) is 12.1 Å². The van der Waals surface area contributed by atoms with Crippen LogP contribution in [0.4, 0.5) is 5.82 Å². The molecule has 4 aromatic rings. The number of likely N-dealkylation sites (N-methyl/N-ethyl adjacent to an activating group) is 1. The molecule has 0 radical (unpaired) electrons. The molecule has 0 saturated heterocycles. The maximum atomic E-state index is 10.3. The van der Waals surface area contributed by atoms with Crippen molar-refractivity contribution in [3.63, 3.8) is 0 Å². The van der Waals surface area contributed by atoms with Gasteiger partial charge in [-0.2, -0.15) is 10.5 Å². The average molecular weight is 592 g/mol. The second-order valence-electron chi connectivity index (χ2n) is 8.54. The van der Waals surface area contributed by atoms with Crippen LogP contribution in [0.1, 0.15) is 16.8 Å². The second kappa shape index (κ2) is 14.1. The van der Waals surface area contributed by atoms with E-state index in [4.69, 9.17) is 36.1 Å². The summed E-state index contributed by atoms with van der Waals surface area (Å²) in [6, 6.07) is 19.2. The Morgan fingerprint density at radius 3 is 2.35 bits per heavy atom. The van der Waals surface area contributed by atoms with Crippen molar-refractivity contribution >= 4 is 40.5 Å². The molecule has 11 heteroatoms. The molecule has 0 spiro atoms. The molecule has 0 aliphatic carbocycles. The van der Waals surface area contributed by atoms with E-state index in [1.807, 2.05) is 41.6 Å². The maximum Gasteiger partial charge on any atom is 0.148 e. The van der Waals surface area contributed by atoms with Crippen LogP contribution in [-0.2, 0) is 10.5 Å². The van der Waals surface area contributed by atoms with E-state index >= 15 is 0 Å². The third-order valence-electron chi connectivity index (χ3n) is 5.86. The minimum Gasteiger partial charge on any atom is -0.491 e. The average Bonchev–Trinajstić information content (AvgIpc) is 3.46. The fourth-order valence-electron chi connectivity index (χ4n) is 3.89. The van der Waals surface area contributed by atoms with Crippen molar-refractivity contribution in [1.82, 2.24) is 9.97 Å². The summed E-state index contributed by atoms with van der Waals surface area (Å²) in [5.74, 6) is 1.54. The van der Waals surface area contributed by atoms with Crippen LogP contribution in [0.15, 0.2) is 58.9 Å². The predicted octanol–water partition coefficient (Wildman–Crippen LogP) is 6.01. The molecule has 2 aromatic heterocycles. The first-order chi connectivity index (χ1) is 19.5. The van der Waals surface area contributed by atoms with Gasteiger partial charge in [0.25, 0.3) is 0 Å². The number of hydrogen-bond acceptors (Lipinski definition) is 10. The molecule has 0 aliphatic rings. The van der Waals surface area contributed by atoms with E-state index in [-0.39, 0.29) is 13.2 Å². The summed E-state index contributed by atoms with van der Waals surface area (Å²) in [7, 11) is 3.46.